The molecule has 0 spiro atoms. The van der Waals surface area contributed by atoms with Crippen LogP contribution in [-0.4, -0.2) is 26.3 Å². The molecular formula is C7H10O3. The van der Waals surface area contributed by atoms with Gasteiger partial charge in [-0.2, -0.15) is 0 Å². The number of carbonyl (C=O) groups excluding carboxylic acids is 1. The van der Waals surface area contributed by atoms with Gasteiger partial charge in [-0.3, -0.25) is 0 Å². The monoisotopic (exact) mass is 142 g/mol. The van der Waals surface area contributed by atoms with Gasteiger partial charge < -0.3 is 14.3 Å². The normalized spacial score (nSPS) is 12.0. The van der Waals surface area contributed by atoms with Gasteiger partial charge in [0.15, 0.2) is 0 Å². The summed E-state index contributed by atoms with van der Waals surface area (Å²) in [6.07, 6.45) is 5.39. The molecule has 0 saturated heterocycles. The standard InChI is InChI=1S/C7H10O3/c1-3-4-7(5-8)10-6-9-2/h1,5,7H,4,6H2,2H3/t7-/m1/s1. The maximum Gasteiger partial charge on any atom is 0.149 e. The van der Waals surface area contributed by atoms with Gasteiger partial charge in [-0.05, 0) is 0 Å². The van der Waals surface area contributed by atoms with Crippen molar-refractivity contribution >= 4 is 6.29 Å². The zero-order valence-electron chi connectivity index (χ0n) is 5.87. The quantitative estimate of drug-likeness (QED) is 0.312. The summed E-state index contributed by atoms with van der Waals surface area (Å²) in [6.45, 7) is 0.102. The summed E-state index contributed by atoms with van der Waals surface area (Å²) in [5.74, 6) is 2.32. The molecule has 0 aliphatic heterocycles. The van der Waals surface area contributed by atoms with E-state index < -0.39 is 6.10 Å². The molecule has 0 aliphatic carbocycles. The molecule has 0 radical (unpaired) electrons. The van der Waals surface area contributed by atoms with Crippen LogP contribution in [0.3, 0.4) is 0 Å². The summed E-state index contributed by atoms with van der Waals surface area (Å²) in [4.78, 5) is 10.1. The Morgan fingerprint density at radius 1 is 1.80 bits per heavy atom. The van der Waals surface area contributed by atoms with E-state index in [1.165, 1.54) is 7.11 Å². The highest BCUT2D eigenvalue weighted by molar-refractivity contribution is 5.56. The van der Waals surface area contributed by atoms with Crippen LogP contribution in [0.1, 0.15) is 6.42 Å². The zero-order chi connectivity index (χ0) is 7.82. The Morgan fingerprint density at radius 3 is 2.90 bits per heavy atom. The third kappa shape index (κ3) is 4.07. The number of rotatable bonds is 5. The summed E-state index contributed by atoms with van der Waals surface area (Å²) in [6, 6.07) is 0. The number of terminal acetylenes is 1. The minimum atomic E-state index is -0.523. The highest BCUT2D eigenvalue weighted by Gasteiger charge is 2.03. The molecule has 0 aliphatic rings. The van der Waals surface area contributed by atoms with Crippen LogP contribution in [0.25, 0.3) is 0 Å². The van der Waals surface area contributed by atoms with Crippen LogP contribution in [0.4, 0.5) is 0 Å². The molecule has 0 heterocycles. The first-order chi connectivity index (χ1) is 4.85. The van der Waals surface area contributed by atoms with Gasteiger partial charge >= 0.3 is 0 Å². The van der Waals surface area contributed by atoms with E-state index in [2.05, 4.69) is 10.7 Å². The first-order valence-electron chi connectivity index (χ1n) is 2.84. The molecule has 0 unspecified atom stereocenters. The topological polar surface area (TPSA) is 35.5 Å². The minimum Gasteiger partial charge on any atom is -0.359 e. The van der Waals surface area contributed by atoms with Gasteiger partial charge in [0, 0.05) is 13.5 Å². The molecular weight excluding hydrogens is 132 g/mol. The largest absolute Gasteiger partial charge is 0.359 e. The van der Waals surface area contributed by atoms with Crippen LogP contribution in [0, 0.1) is 12.3 Å². The molecule has 3 heteroatoms. The van der Waals surface area contributed by atoms with Crippen LogP contribution >= 0.6 is 0 Å². The third-order valence-electron chi connectivity index (χ3n) is 0.871. The van der Waals surface area contributed by atoms with Crippen LogP contribution < -0.4 is 0 Å². The first kappa shape index (κ1) is 9.15. The molecule has 0 aromatic carbocycles. The van der Waals surface area contributed by atoms with Crippen LogP contribution in [0.2, 0.25) is 0 Å². The van der Waals surface area contributed by atoms with E-state index in [9.17, 15) is 4.79 Å². The number of carbonyl (C=O) groups is 1. The molecule has 10 heavy (non-hydrogen) atoms. The molecule has 0 N–H and O–H groups in total. The van der Waals surface area contributed by atoms with Crippen molar-refractivity contribution in [3.05, 3.63) is 0 Å². The zero-order valence-corrected chi connectivity index (χ0v) is 5.87. The molecule has 0 amide bonds. The van der Waals surface area contributed by atoms with Gasteiger partial charge in [-0.15, -0.1) is 12.3 Å². The molecule has 0 bridgehead atoms. The lowest BCUT2D eigenvalue weighted by Crippen LogP contribution is -2.15. The second-order valence-electron chi connectivity index (χ2n) is 1.66. The molecule has 0 fully saturated rings. The predicted octanol–water partition coefficient (Wildman–Crippen LogP) is 0.198. The fourth-order valence-corrected chi connectivity index (χ4v) is 0.418. The lowest BCUT2D eigenvalue weighted by atomic mass is 10.3. The van der Waals surface area contributed by atoms with E-state index in [1.54, 1.807) is 0 Å². The average molecular weight is 142 g/mol. The van der Waals surface area contributed by atoms with Crippen LogP contribution in [0.15, 0.2) is 0 Å². The van der Waals surface area contributed by atoms with Crippen molar-refractivity contribution in [3.8, 4) is 12.3 Å². The summed E-state index contributed by atoms with van der Waals surface area (Å²) in [5.41, 5.74) is 0. The second kappa shape index (κ2) is 6.27. The molecule has 0 aromatic rings. The maximum atomic E-state index is 10.1. The van der Waals surface area contributed by atoms with Gasteiger partial charge in [0.2, 0.25) is 0 Å². The van der Waals surface area contributed by atoms with Gasteiger partial charge in [0.1, 0.15) is 19.2 Å². The fourth-order valence-electron chi connectivity index (χ4n) is 0.418. The average Bonchev–Trinajstić information content (AvgIpc) is 1.98. The van der Waals surface area contributed by atoms with E-state index in [-0.39, 0.29) is 6.79 Å². The third-order valence-corrected chi connectivity index (χ3v) is 0.871. The second-order valence-corrected chi connectivity index (χ2v) is 1.66. The highest BCUT2D eigenvalue weighted by Crippen LogP contribution is 1.92. The Balaban J connectivity index is 3.41. The van der Waals surface area contributed by atoms with Crippen LogP contribution in [-0.2, 0) is 14.3 Å². The van der Waals surface area contributed by atoms with Crippen molar-refractivity contribution in [2.24, 2.45) is 0 Å². The Hall–Kier alpha value is -0.850. The highest BCUT2D eigenvalue weighted by atomic mass is 16.7. The van der Waals surface area contributed by atoms with Gasteiger partial charge in [0.05, 0.1) is 0 Å². The molecule has 3 nitrogen and oxygen atoms in total. The van der Waals surface area contributed by atoms with Gasteiger partial charge in [-0.1, -0.05) is 0 Å². The molecule has 0 aromatic heterocycles. The van der Waals surface area contributed by atoms with Crippen molar-refractivity contribution in [1.29, 1.82) is 0 Å². The SMILES string of the molecule is C#CC[C@H](C=O)OCOC. The van der Waals surface area contributed by atoms with Gasteiger partial charge in [-0.25, -0.2) is 0 Å². The van der Waals surface area contributed by atoms with E-state index in [0.717, 1.165) is 0 Å². The van der Waals surface area contributed by atoms with Crippen molar-refractivity contribution in [2.75, 3.05) is 13.9 Å². The van der Waals surface area contributed by atoms with E-state index in [0.29, 0.717) is 12.7 Å². The number of hydrogen-bond donors (Lipinski definition) is 0. The van der Waals surface area contributed by atoms with E-state index in [1.807, 2.05) is 0 Å². The molecule has 56 valence electrons. The van der Waals surface area contributed by atoms with E-state index in [4.69, 9.17) is 11.2 Å². The lowest BCUT2D eigenvalue weighted by Gasteiger charge is -2.05. The minimum absolute atomic E-state index is 0.102. The lowest BCUT2D eigenvalue weighted by molar-refractivity contribution is -0.126. The molecule has 0 saturated carbocycles. The Labute approximate surface area is 60.3 Å². The van der Waals surface area contributed by atoms with Crippen molar-refractivity contribution in [3.63, 3.8) is 0 Å². The van der Waals surface area contributed by atoms with Crippen LogP contribution in [0.5, 0.6) is 0 Å². The first-order valence-corrected chi connectivity index (χ1v) is 2.84. The number of aldehydes is 1. The maximum absolute atomic E-state index is 10.1. The summed E-state index contributed by atoms with van der Waals surface area (Å²) >= 11 is 0. The molecule has 1 atom stereocenters. The van der Waals surface area contributed by atoms with Crippen molar-refractivity contribution in [1.82, 2.24) is 0 Å². The van der Waals surface area contributed by atoms with Crippen molar-refractivity contribution < 1.29 is 14.3 Å². The summed E-state index contributed by atoms with van der Waals surface area (Å²) < 4.78 is 9.42. The molecule has 0 rings (SSSR count). The fraction of sp³-hybridized carbons (Fsp3) is 0.571. The van der Waals surface area contributed by atoms with Crippen molar-refractivity contribution in [2.45, 2.75) is 12.5 Å². The number of ether oxygens (including phenoxy) is 2. The van der Waals surface area contributed by atoms with E-state index >= 15 is 0 Å². The predicted molar refractivity (Wildman–Crippen MR) is 36.3 cm³/mol. The van der Waals surface area contributed by atoms with Gasteiger partial charge in [0.25, 0.3) is 0 Å². The Morgan fingerprint density at radius 2 is 2.50 bits per heavy atom. The summed E-state index contributed by atoms with van der Waals surface area (Å²) in [7, 11) is 1.48. The Kier molecular flexibility index (Phi) is 5.74. The Bertz CT molecular complexity index is 125. The number of hydrogen-bond acceptors (Lipinski definition) is 3. The summed E-state index contributed by atoms with van der Waals surface area (Å²) in [5, 5.41) is 0. The smallest absolute Gasteiger partial charge is 0.149 e. The number of methoxy groups -OCH3 is 1.